The molecule has 0 unspecified atom stereocenters. The molecule has 8 aromatic carbocycles. The fraction of sp³-hybridized carbons (Fsp3) is 0.0400. The number of para-hydroxylation sites is 5. The van der Waals surface area contributed by atoms with Gasteiger partial charge in [0.25, 0.3) is 0 Å². The van der Waals surface area contributed by atoms with Crippen molar-refractivity contribution in [2.24, 2.45) is 0 Å². The summed E-state index contributed by atoms with van der Waals surface area (Å²) in [5, 5.41) is 7.49. The van der Waals surface area contributed by atoms with E-state index in [1.165, 1.54) is 76.9 Å². The zero-order valence-corrected chi connectivity index (χ0v) is 29.8. The Morgan fingerprint density at radius 1 is 0.321 bits per heavy atom. The Morgan fingerprint density at radius 3 is 1.25 bits per heavy atom. The number of rotatable bonds is 2. The molecule has 3 nitrogen and oxygen atoms in total. The maximum atomic E-state index is 5.65. The topological polar surface area (TPSA) is 23.0 Å². The molecule has 0 saturated heterocycles. The first-order chi connectivity index (χ1) is 26.2. The fourth-order valence-corrected chi connectivity index (χ4v) is 7.59. The predicted octanol–water partition coefficient (Wildman–Crippen LogP) is 13.8. The molecule has 0 aliphatic heterocycles. The van der Waals surface area contributed by atoms with Crippen LogP contribution in [0.15, 0.2) is 199 Å². The molecule has 0 atom stereocenters. The summed E-state index contributed by atoms with van der Waals surface area (Å²) in [4.78, 5) is 0. The Bertz CT molecular complexity index is 2970. The van der Waals surface area contributed by atoms with Crippen molar-refractivity contribution >= 4 is 65.6 Å². The van der Waals surface area contributed by atoms with Crippen LogP contribution in [0.2, 0.25) is 0 Å². The van der Waals surface area contributed by atoms with Gasteiger partial charge in [0.05, 0.1) is 22.1 Å². The second kappa shape index (κ2) is 13.7. The molecule has 0 aliphatic rings. The lowest BCUT2D eigenvalue weighted by atomic mass is 10.1. The second-order valence-corrected chi connectivity index (χ2v) is 13.5. The minimum Gasteiger partial charge on any atom is -0.456 e. The van der Waals surface area contributed by atoms with Gasteiger partial charge >= 0.3 is 0 Å². The zero-order valence-electron chi connectivity index (χ0n) is 29.8. The summed E-state index contributed by atoms with van der Waals surface area (Å²) < 4.78 is 10.5. The third-order valence-corrected chi connectivity index (χ3v) is 9.97. The largest absolute Gasteiger partial charge is 0.456 e. The second-order valence-electron chi connectivity index (χ2n) is 13.5. The molecule has 0 bridgehead atoms. The molecule has 3 heteroatoms. The van der Waals surface area contributed by atoms with E-state index in [4.69, 9.17) is 4.42 Å². The third kappa shape index (κ3) is 5.83. The van der Waals surface area contributed by atoms with Crippen molar-refractivity contribution in [2.45, 2.75) is 13.8 Å². The van der Waals surface area contributed by atoms with Crippen LogP contribution in [0.1, 0.15) is 11.1 Å². The average molecular weight is 683 g/mol. The van der Waals surface area contributed by atoms with Gasteiger partial charge in [-0.3, -0.25) is 0 Å². The highest BCUT2D eigenvalue weighted by atomic mass is 16.3. The van der Waals surface area contributed by atoms with E-state index >= 15 is 0 Å². The van der Waals surface area contributed by atoms with Crippen molar-refractivity contribution in [1.82, 2.24) is 9.13 Å². The van der Waals surface area contributed by atoms with Crippen LogP contribution in [0, 0.1) is 13.8 Å². The van der Waals surface area contributed by atoms with Crippen LogP contribution >= 0.6 is 0 Å². The highest BCUT2D eigenvalue weighted by Crippen LogP contribution is 2.41. The van der Waals surface area contributed by atoms with Gasteiger partial charge in [0, 0.05) is 43.7 Å². The van der Waals surface area contributed by atoms with Gasteiger partial charge in [0.15, 0.2) is 0 Å². The van der Waals surface area contributed by atoms with Crippen LogP contribution in [-0.4, -0.2) is 9.13 Å². The number of fused-ring (bicyclic) bond motifs is 10. The summed E-state index contributed by atoms with van der Waals surface area (Å²) in [6.07, 6.45) is 0. The molecule has 0 radical (unpaired) electrons. The van der Waals surface area contributed by atoms with Crippen molar-refractivity contribution in [3.05, 3.63) is 205 Å². The lowest BCUT2D eigenvalue weighted by Gasteiger charge is -2.12. The zero-order chi connectivity index (χ0) is 35.7. The molecular weight excluding hydrogens is 645 g/mol. The van der Waals surface area contributed by atoms with E-state index in [-0.39, 0.29) is 0 Å². The summed E-state index contributed by atoms with van der Waals surface area (Å²) in [5.41, 5.74) is 11.8. The first-order valence-electron chi connectivity index (χ1n) is 18.1. The van der Waals surface area contributed by atoms with Crippen LogP contribution < -0.4 is 0 Å². The van der Waals surface area contributed by atoms with Gasteiger partial charge in [0.1, 0.15) is 11.2 Å². The highest BCUT2D eigenvalue weighted by molar-refractivity contribution is 6.23. The Kier molecular flexibility index (Phi) is 8.30. The molecular formula is C50H38N2O. The summed E-state index contributed by atoms with van der Waals surface area (Å²) in [6, 6.07) is 68.1. The van der Waals surface area contributed by atoms with Gasteiger partial charge < -0.3 is 13.6 Å². The quantitative estimate of drug-likeness (QED) is 0.178. The van der Waals surface area contributed by atoms with E-state index in [1.807, 2.05) is 54.6 Å². The molecule has 0 fully saturated rings. The van der Waals surface area contributed by atoms with Gasteiger partial charge in [-0.15, -0.1) is 0 Å². The van der Waals surface area contributed by atoms with Crippen molar-refractivity contribution in [3.63, 3.8) is 0 Å². The Labute approximate surface area is 308 Å². The number of furan rings is 1. The predicted molar refractivity (Wildman–Crippen MR) is 225 cm³/mol. The van der Waals surface area contributed by atoms with E-state index in [0.29, 0.717) is 0 Å². The summed E-state index contributed by atoms with van der Waals surface area (Å²) in [5.74, 6) is 0. The molecule has 0 amide bonds. The smallest absolute Gasteiger partial charge is 0.135 e. The van der Waals surface area contributed by atoms with Crippen LogP contribution in [-0.2, 0) is 0 Å². The maximum Gasteiger partial charge on any atom is 0.135 e. The highest BCUT2D eigenvalue weighted by Gasteiger charge is 2.20. The lowest BCUT2D eigenvalue weighted by molar-refractivity contribution is 0.669. The lowest BCUT2D eigenvalue weighted by Crippen LogP contribution is -1.98. The molecule has 0 saturated carbocycles. The van der Waals surface area contributed by atoms with Crippen LogP contribution in [0.25, 0.3) is 76.9 Å². The minimum atomic E-state index is 0.962. The average Bonchev–Trinajstić information content (AvgIpc) is 3.87. The van der Waals surface area contributed by atoms with Crippen LogP contribution in [0.4, 0.5) is 0 Å². The molecule has 254 valence electrons. The first kappa shape index (κ1) is 32.1. The third-order valence-electron chi connectivity index (χ3n) is 9.97. The van der Waals surface area contributed by atoms with Gasteiger partial charge in [0.2, 0.25) is 0 Å². The SMILES string of the molecule is Cc1cccc(-n2c3ccccc3c3ccc4c5ccccc5n(-c5ccccc5)c4c32)c1.Cc1ccccc1.c1ccc2c(c1)oc1ccccc12. The fourth-order valence-electron chi connectivity index (χ4n) is 7.59. The van der Waals surface area contributed by atoms with Crippen LogP contribution in [0.3, 0.4) is 0 Å². The normalized spacial score (nSPS) is 11.2. The number of aromatic nitrogens is 2. The van der Waals surface area contributed by atoms with E-state index in [1.54, 1.807) is 0 Å². The summed E-state index contributed by atoms with van der Waals surface area (Å²) in [6.45, 7) is 4.24. The number of hydrogen-bond donors (Lipinski definition) is 0. The van der Waals surface area contributed by atoms with Crippen molar-refractivity contribution < 1.29 is 4.42 Å². The Hall–Kier alpha value is -6.84. The van der Waals surface area contributed by atoms with Gasteiger partial charge in [-0.05, 0) is 67.9 Å². The number of nitrogens with zero attached hydrogens (tertiary/aromatic N) is 2. The molecule has 3 aromatic heterocycles. The molecule has 11 rings (SSSR count). The summed E-state index contributed by atoms with van der Waals surface area (Å²) in [7, 11) is 0. The molecule has 53 heavy (non-hydrogen) atoms. The standard InChI is InChI=1S/C31H22N2.C12H8O.C7H8/c1-21-10-9-13-23(20-21)33-29-17-8-6-15-25(29)27-19-18-26-24-14-5-7-16-28(24)32(30(26)31(27)33)22-11-3-2-4-12-22;1-3-7-11-9(5-1)10-6-2-4-8-12(10)13-11;1-7-5-3-2-4-6-7/h2-20H,1H3;1-8H;2-6H,1H3. The number of benzene rings is 8. The molecule has 0 spiro atoms. The van der Waals surface area contributed by atoms with Crippen molar-refractivity contribution in [2.75, 3.05) is 0 Å². The van der Waals surface area contributed by atoms with Gasteiger partial charge in [-0.2, -0.15) is 0 Å². The molecule has 0 aliphatic carbocycles. The number of hydrogen-bond acceptors (Lipinski definition) is 1. The maximum absolute atomic E-state index is 5.65. The van der Waals surface area contributed by atoms with Gasteiger partial charge in [-0.1, -0.05) is 151 Å². The minimum absolute atomic E-state index is 0.962. The number of aryl methyl sites for hydroxylation is 2. The van der Waals surface area contributed by atoms with Crippen LogP contribution in [0.5, 0.6) is 0 Å². The first-order valence-corrected chi connectivity index (χ1v) is 18.1. The monoisotopic (exact) mass is 682 g/mol. The van der Waals surface area contributed by atoms with Crippen molar-refractivity contribution in [1.29, 1.82) is 0 Å². The van der Waals surface area contributed by atoms with E-state index < -0.39 is 0 Å². The Balaban J connectivity index is 0.000000151. The molecule has 11 aromatic rings. The summed E-state index contributed by atoms with van der Waals surface area (Å²) >= 11 is 0. The molecule has 3 heterocycles. The molecule has 0 N–H and O–H groups in total. The van der Waals surface area contributed by atoms with E-state index in [9.17, 15) is 0 Å². The van der Waals surface area contributed by atoms with Crippen molar-refractivity contribution in [3.8, 4) is 11.4 Å². The Morgan fingerprint density at radius 2 is 0.736 bits per heavy atom. The van der Waals surface area contributed by atoms with E-state index in [0.717, 1.165) is 11.2 Å². The van der Waals surface area contributed by atoms with E-state index in [2.05, 4.69) is 163 Å². The van der Waals surface area contributed by atoms with Gasteiger partial charge in [-0.25, -0.2) is 0 Å².